The molecule has 7 aliphatic rings. The summed E-state index contributed by atoms with van der Waals surface area (Å²) in [5.41, 5.74) is 55.3. The molecule has 0 radical (unpaired) electrons. The van der Waals surface area contributed by atoms with Gasteiger partial charge in [-0.05, 0) is 271 Å². The number of rotatable bonds is 10. The molecule has 0 amide bonds. The lowest BCUT2D eigenvalue weighted by atomic mass is 9.85. The molecular formula is C131H136N18+6. The van der Waals surface area contributed by atoms with Crippen molar-refractivity contribution in [3.63, 3.8) is 0 Å². The Morgan fingerprint density at radius 2 is 0.604 bits per heavy atom. The Morgan fingerprint density at radius 1 is 0.268 bits per heavy atom. The highest BCUT2D eigenvalue weighted by atomic mass is 15.1. The Balaban J connectivity index is 0.000000103. The molecule has 1 fully saturated rings. The van der Waals surface area contributed by atoms with Gasteiger partial charge in [-0.15, -0.1) is 0 Å². The summed E-state index contributed by atoms with van der Waals surface area (Å²) >= 11 is 0. The van der Waals surface area contributed by atoms with E-state index in [0.29, 0.717) is 5.56 Å². The smallest absolute Gasteiger partial charge is 0.213 e. The standard InChI is InChI=1S/C25H24N3.C25H30N3.C24H22N3.2C20H22N3.C17H16N3/c1-16-10-20-11-25-26-18(3)15-28(25)23(20)13-22(16)24-12-21(17(2)14-27(24)4)19-8-6-5-7-9-19;1-17-11-21-14-25-26-18(2)16-28(25)23(21)15-22(17)24-13-20(9-10-27(24)3)12-19-7-5-4-6-8-19;1-16-11-20-13-24-25-17(2)15-27(24)22(20)14-21(16)23-12-19(9-10-26(23)3)18-7-5-4-6-8-18;2*1-12-7-19(22(5)10-14(12)3)17-9-18-16(6-13(17)2)8-20-21-15(4)11-23(18)20;1-12-9-13-10-17-18-6-8-20(17)16(13)11-14(12)15-5-3-4-7-19(15)2/h5-10,12-15H,11H2,1-4H3;9-11,13,15-16,19H,4-8,12,14H2,1-3H3;4-12,14-15H,13H2,1-3H3;2*6-7,9-11H,8H2,1-5H3;3-9,11H,10H2,1-2H3/q6*+1/i;;;3D3;;. The zero-order chi connectivity index (χ0) is 106. The van der Waals surface area contributed by atoms with Gasteiger partial charge in [0.2, 0.25) is 34.2 Å². The van der Waals surface area contributed by atoms with E-state index in [4.69, 9.17) is 9.10 Å². The normalized spacial score (nSPS) is 13.4. The second-order valence-corrected chi connectivity index (χ2v) is 42.8. The zero-order valence-corrected chi connectivity index (χ0v) is 90.1. The molecule has 18 heterocycles. The summed E-state index contributed by atoms with van der Waals surface area (Å²) in [5.74, 6) is 7.68. The number of aromatic nitrogens is 18. The number of hydrogen-bond acceptors (Lipinski definition) is 6. The molecule has 744 valence electrons. The van der Waals surface area contributed by atoms with Crippen molar-refractivity contribution in [1.82, 2.24) is 57.3 Å². The maximum Gasteiger partial charge on any atom is 0.213 e. The van der Waals surface area contributed by atoms with Crippen LogP contribution in [0.1, 0.15) is 200 Å². The van der Waals surface area contributed by atoms with E-state index >= 15 is 0 Å². The summed E-state index contributed by atoms with van der Waals surface area (Å²) in [6.07, 6.45) is 41.0. The van der Waals surface area contributed by atoms with Crippen LogP contribution in [0.3, 0.4) is 0 Å². The molecule has 18 nitrogen and oxygen atoms in total. The largest absolute Gasteiger partial charge is 0.303 e. The van der Waals surface area contributed by atoms with E-state index in [2.05, 4.69) is 450 Å². The fourth-order valence-electron chi connectivity index (χ4n) is 23.8. The van der Waals surface area contributed by atoms with Gasteiger partial charge in [0.05, 0.1) is 96.0 Å². The lowest BCUT2D eigenvalue weighted by molar-refractivity contribution is -0.660. The lowest BCUT2D eigenvalue weighted by Crippen LogP contribution is -2.31. The van der Waals surface area contributed by atoms with Crippen LogP contribution >= 0.6 is 0 Å². The topological polar surface area (TPSA) is 130 Å². The first-order chi connectivity index (χ1) is 73.0. The van der Waals surface area contributed by atoms with E-state index in [0.717, 1.165) is 119 Å². The van der Waals surface area contributed by atoms with E-state index in [1.807, 2.05) is 43.9 Å². The molecule has 12 aromatic heterocycles. The molecule has 0 saturated heterocycles. The zero-order valence-electron chi connectivity index (χ0n) is 93.1. The molecule has 0 unspecified atom stereocenters. The van der Waals surface area contributed by atoms with Gasteiger partial charge in [-0.3, -0.25) is 0 Å². The fraction of sp³-hybridized carbons (Fsp3) is 0.267. The van der Waals surface area contributed by atoms with Crippen LogP contribution in [0.4, 0.5) is 0 Å². The van der Waals surface area contributed by atoms with Crippen molar-refractivity contribution in [2.24, 2.45) is 48.2 Å². The summed E-state index contributed by atoms with van der Waals surface area (Å²) in [4.78, 5) is 27.7. The molecule has 8 aromatic carbocycles. The van der Waals surface area contributed by atoms with Crippen LogP contribution in [0.15, 0.2) is 275 Å². The van der Waals surface area contributed by atoms with Gasteiger partial charge in [-0.25, -0.2) is 57.3 Å². The highest BCUT2D eigenvalue weighted by Crippen LogP contribution is 2.43. The molecule has 1 aliphatic carbocycles. The monoisotopic (exact) mass is 1960 g/mol. The van der Waals surface area contributed by atoms with E-state index in [1.54, 1.807) is 6.20 Å². The summed E-state index contributed by atoms with van der Waals surface area (Å²) in [6.45, 7) is 29.7. The Morgan fingerprint density at radius 3 is 1.01 bits per heavy atom. The molecule has 0 atom stereocenters. The molecular weight excluding hydrogens is 1830 g/mol. The van der Waals surface area contributed by atoms with Crippen LogP contribution in [0, 0.1) is 117 Å². The fourth-order valence-corrected chi connectivity index (χ4v) is 23.8. The van der Waals surface area contributed by atoms with Crippen LogP contribution in [-0.4, -0.2) is 57.3 Å². The first-order valence-corrected chi connectivity index (χ1v) is 52.7. The first-order valence-electron chi connectivity index (χ1n) is 54.2. The summed E-state index contributed by atoms with van der Waals surface area (Å²) in [7, 11) is 12.5. The first kappa shape index (κ1) is 93.9. The molecule has 27 rings (SSSR count). The predicted octanol–water partition coefficient (Wildman–Crippen LogP) is 24.0. The lowest BCUT2D eigenvalue weighted by Gasteiger charge is -2.21. The highest BCUT2D eigenvalue weighted by Gasteiger charge is 2.34. The van der Waals surface area contributed by atoms with E-state index < -0.39 is 6.85 Å². The van der Waals surface area contributed by atoms with Crippen LogP contribution in [0.5, 0.6) is 0 Å². The molecule has 0 bridgehead atoms. The minimum atomic E-state index is -2.10. The number of fused-ring (bicyclic) bond motifs is 18. The summed E-state index contributed by atoms with van der Waals surface area (Å²) < 4.78 is 49.6. The summed E-state index contributed by atoms with van der Waals surface area (Å²) in [5, 5.41) is 0. The second kappa shape index (κ2) is 39.6. The van der Waals surface area contributed by atoms with Gasteiger partial charge in [0, 0.05) is 157 Å². The van der Waals surface area contributed by atoms with Crippen LogP contribution in [0.25, 0.3) is 124 Å². The Hall–Kier alpha value is -16.1. The Labute approximate surface area is 881 Å². The maximum absolute atomic E-state index is 7.72. The van der Waals surface area contributed by atoms with Crippen molar-refractivity contribution in [2.45, 2.75) is 188 Å². The van der Waals surface area contributed by atoms with Gasteiger partial charge >= 0.3 is 0 Å². The van der Waals surface area contributed by atoms with Crippen molar-refractivity contribution in [3.05, 3.63) is 438 Å². The number of pyridine rings is 6. The van der Waals surface area contributed by atoms with Gasteiger partial charge in [-0.1, -0.05) is 129 Å². The van der Waals surface area contributed by atoms with Gasteiger partial charge < -0.3 is 27.4 Å². The molecule has 0 N–H and O–H groups in total. The number of aryl methyl sites for hydroxylation is 22. The minimum absolute atomic E-state index is 0.398. The third-order valence-electron chi connectivity index (χ3n) is 31.6. The summed E-state index contributed by atoms with van der Waals surface area (Å²) in [6, 6.07) is 71.0. The molecule has 0 spiro atoms. The van der Waals surface area contributed by atoms with E-state index in [1.165, 1.54) is 246 Å². The van der Waals surface area contributed by atoms with Crippen LogP contribution in [0.2, 0.25) is 0 Å². The van der Waals surface area contributed by atoms with Crippen LogP contribution in [-0.2, 0) is 87.2 Å². The van der Waals surface area contributed by atoms with Crippen molar-refractivity contribution < 1.29 is 31.5 Å². The SMILES string of the molecule is Cc1cc2c(cc1-c1cccc[n+]1C)-n1ccnc1C2.Cc1cn2c(n1)Cc1cc(C)c(-c3cc(-c4ccccc4)c(C)c[n+]3C)cc1-2.Cc1cn2c(n1)Cc1cc(C)c(-c3cc(-c4ccccc4)cc[n+]3C)cc1-2.Cc1cn2c(n1)Cc1cc(C)c(-c3cc(C)c(C)c[n+]3C)cc1-2.Cc1cn2c(n1)Cc1cc(C)c(-c3cc(CC4CCCCC4)cc[n+]3C)cc1-2.[2H]C([2H])([2H])c1c[n+](C)c(-c2cc3c(cc2C)Cc2nc(C)cn2-3)cc1C. The predicted molar refractivity (Wildman–Crippen MR) is 595 cm³/mol. The number of imidazole rings is 6. The maximum atomic E-state index is 7.72. The van der Waals surface area contributed by atoms with Gasteiger partial charge in [-0.2, -0.15) is 0 Å². The molecule has 18 heteroatoms. The molecule has 1 saturated carbocycles. The average molecular weight is 1970 g/mol. The third-order valence-corrected chi connectivity index (χ3v) is 31.6. The minimum Gasteiger partial charge on any atom is -0.303 e. The molecule has 20 aromatic rings. The van der Waals surface area contributed by atoms with E-state index in [9.17, 15) is 0 Å². The van der Waals surface area contributed by atoms with Crippen molar-refractivity contribution >= 4 is 0 Å². The molecule has 149 heavy (non-hydrogen) atoms. The van der Waals surface area contributed by atoms with E-state index in [-0.39, 0.29) is 0 Å². The molecule has 6 aliphatic heterocycles. The van der Waals surface area contributed by atoms with Crippen LogP contribution < -0.4 is 27.4 Å². The Kier molecular flexibility index (Phi) is 25.0. The van der Waals surface area contributed by atoms with Gasteiger partial charge in [0.25, 0.3) is 0 Å². The number of benzene rings is 8. The van der Waals surface area contributed by atoms with Crippen molar-refractivity contribution in [1.29, 1.82) is 0 Å². The average Bonchev–Trinajstić information content (AvgIpc) is 1.58. The van der Waals surface area contributed by atoms with Gasteiger partial charge in [0.15, 0.2) is 37.2 Å². The highest BCUT2D eigenvalue weighted by molar-refractivity contribution is 5.78. The number of hydrogen-bond donors (Lipinski definition) is 0. The van der Waals surface area contributed by atoms with Crippen molar-refractivity contribution in [3.8, 4) is 124 Å². The number of nitrogens with zero attached hydrogens (tertiary/aromatic N) is 18. The Bertz CT molecular complexity index is 8860. The van der Waals surface area contributed by atoms with Crippen molar-refractivity contribution in [2.75, 3.05) is 0 Å². The second-order valence-electron chi connectivity index (χ2n) is 42.8. The third kappa shape index (κ3) is 18.9. The van der Waals surface area contributed by atoms with Gasteiger partial charge in [0.1, 0.15) is 77.2 Å². The quantitative estimate of drug-likeness (QED) is 0.125.